The van der Waals surface area contributed by atoms with Crippen LogP contribution in [-0.4, -0.2) is 64.3 Å². The Balaban J connectivity index is 1.84. The lowest BCUT2D eigenvalue weighted by Crippen LogP contribution is -2.57. The average molecular weight is 501 g/mol. The normalized spacial score (nSPS) is 34.4. The highest BCUT2D eigenvalue weighted by molar-refractivity contribution is 6.04. The van der Waals surface area contributed by atoms with Crippen LogP contribution in [-0.2, 0) is 23.9 Å². The number of carbonyl (C=O) groups excluding carboxylic acids is 3. The van der Waals surface area contributed by atoms with E-state index in [2.05, 4.69) is 5.32 Å². The van der Waals surface area contributed by atoms with E-state index in [1.54, 1.807) is 6.92 Å². The summed E-state index contributed by atoms with van der Waals surface area (Å²) in [6.45, 7) is 13.3. The quantitative estimate of drug-likeness (QED) is 0.531. The molecule has 1 aromatic carbocycles. The molecular weight excluding hydrogens is 460 g/mol. The van der Waals surface area contributed by atoms with E-state index >= 15 is 0 Å². The molecule has 36 heavy (non-hydrogen) atoms. The lowest BCUT2D eigenvalue weighted by molar-refractivity contribution is -0.162. The number of aliphatic hydroxyl groups is 1. The Morgan fingerprint density at radius 2 is 2.00 bits per heavy atom. The Hall–Kier alpha value is -2.45. The number of amides is 2. The molecule has 3 aliphatic rings. The van der Waals surface area contributed by atoms with Gasteiger partial charge in [-0.1, -0.05) is 39.3 Å². The molecule has 3 saturated heterocycles. The van der Waals surface area contributed by atoms with E-state index in [9.17, 15) is 19.5 Å². The minimum Gasteiger partial charge on any atom is -0.466 e. The van der Waals surface area contributed by atoms with Crippen molar-refractivity contribution in [1.82, 2.24) is 4.90 Å². The summed E-state index contributed by atoms with van der Waals surface area (Å²) >= 11 is 0. The van der Waals surface area contributed by atoms with Gasteiger partial charge in [-0.15, -0.1) is 0 Å². The van der Waals surface area contributed by atoms with Crippen LogP contribution in [0.5, 0.6) is 0 Å². The summed E-state index contributed by atoms with van der Waals surface area (Å²) in [5.74, 6) is -2.92. The lowest BCUT2D eigenvalue weighted by Gasteiger charge is -2.39. The summed E-state index contributed by atoms with van der Waals surface area (Å²) in [5.41, 5.74) is 0.485. The molecule has 3 heterocycles. The average Bonchev–Trinajstić information content (AvgIpc) is 3.34. The predicted octanol–water partition coefficient (Wildman–Crippen LogP) is 3.22. The zero-order valence-corrected chi connectivity index (χ0v) is 22.5. The molecule has 0 radical (unpaired) electrons. The molecule has 1 aromatic rings. The minimum absolute atomic E-state index is 0.0589. The molecule has 3 unspecified atom stereocenters. The van der Waals surface area contributed by atoms with Gasteiger partial charge >= 0.3 is 5.97 Å². The summed E-state index contributed by atoms with van der Waals surface area (Å²) < 4.78 is 12.1. The van der Waals surface area contributed by atoms with Crippen molar-refractivity contribution in [2.45, 2.75) is 84.6 Å². The molecule has 8 nitrogen and oxygen atoms in total. The number of aryl methyl sites for hydroxylation is 2. The van der Waals surface area contributed by atoms with Crippen molar-refractivity contribution in [1.29, 1.82) is 0 Å². The van der Waals surface area contributed by atoms with Crippen molar-refractivity contribution in [2.24, 2.45) is 23.7 Å². The number of nitrogens with one attached hydrogen (secondary N) is 1. The molecule has 3 aliphatic heterocycles. The predicted molar refractivity (Wildman–Crippen MR) is 135 cm³/mol. The van der Waals surface area contributed by atoms with Crippen LogP contribution in [0.1, 0.15) is 58.6 Å². The molecule has 8 heteroatoms. The van der Waals surface area contributed by atoms with Crippen LogP contribution in [0.2, 0.25) is 0 Å². The number of nitrogens with zero attached hydrogens (tertiary/aromatic N) is 1. The zero-order valence-electron chi connectivity index (χ0n) is 22.5. The van der Waals surface area contributed by atoms with Gasteiger partial charge in [0.05, 0.1) is 30.8 Å². The van der Waals surface area contributed by atoms with Gasteiger partial charge in [0.2, 0.25) is 11.8 Å². The molecular formula is C28H40N2O6. The maximum atomic E-state index is 14.2. The molecule has 2 N–H and O–H groups in total. The van der Waals surface area contributed by atoms with E-state index < -0.39 is 41.1 Å². The van der Waals surface area contributed by atoms with Gasteiger partial charge in [0.25, 0.3) is 0 Å². The van der Waals surface area contributed by atoms with Crippen LogP contribution in [0, 0.1) is 37.5 Å². The number of esters is 1. The second-order valence-electron chi connectivity index (χ2n) is 11.1. The van der Waals surface area contributed by atoms with Crippen molar-refractivity contribution in [3.8, 4) is 0 Å². The maximum absolute atomic E-state index is 14.2. The summed E-state index contributed by atoms with van der Waals surface area (Å²) in [6, 6.07) is 4.26. The summed E-state index contributed by atoms with van der Waals surface area (Å²) in [5, 5.41) is 13.5. The highest BCUT2D eigenvalue weighted by Crippen LogP contribution is 2.65. The summed E-state index contributed by atoms with van der Waals surface area (Å²) in [6.07, 6.45) is 1.18. The molecule has 0 aliphatic carbocycles. The van der Waals surface area contributed by atoms with E-state index in [-0.39, 0.29) is 36.9 Å². The van der Waals surface area contributed by atoms with Gasteiger partial charge in [-0.05, 0) is 63.1 Å². The van der Waals surface area contributed by atoms with Crippen LogP contribution in [0.4, 0.5) is 5.69 Å². The van der Waals surface area contributed by atoms with Crippen LogP contribution < -0.4 is 5.32 Å². The molecule has 198 valence electrons. The zero-order chi connectivity index (χ0) is 26.6. The van der Waals surface area contributed by atoms with E-state index in [0.29, 0.717) is 18.5 Å². The topological polar surface area (TPSA) is 105 Å². The van der Waals surface area contributed by atoms with E-state index in [4.69, 9.17) is 9.47 Å². The molecule has 4 rings (SSSR count). The molecule has 3 fully saturated rings. The van der Waals surface area contributed by atoms with Crippen molar-refractivity contribution < 1.29 is 29.0 Å². The summed E-state index contributed by atoms with van der Waals surface area (Å²) in [4.78, 5) is 43.1. The van der Waals surface area contributed by atoms with Crippen LogP contribution in [0.3, 0.4) is 0 Å². The molecule has 2 amide bonds. The number of carbonyl (C=O) groups is 3. The number of fused-ring (bicyclic) bond motifs is 1. The van der Waals surface area contributed by atoms with Crippen molar-refractivity contribution >= 4 is 23.5 Å². The van der Waals surface area contributed by atoms with Gasteiger partial charge in [-0.25, -0.2) is 0 Å². The standard InChI is InChI=1S/C28H40N2O6/c1-8-16(4)20(14-31)30-23(24(32)29-19-12-15(3)10-11-17(19)5)28-13-18(6)27(7,36-28)22(21(28)25(30)33)26(34)35-9-2/h10-12,16,18,20-23,31H,8-9,13-14H2,1-7H3,(H,29,32)/t16-,18?,20-,21-,22-,23?,27+,28?/m0/s1. The number of ether oxygens (including phenoxy) is 2. The van der Waals surface area contributed by atoms with E-state index in [0.717, 1.165) is 11.1 Å². The smallest absolute Gasteiger partial charge is 0.312 e. The van der Waals surface area contributed by atoms with Gasteiger partial charge in [0.15, 0.2) is 0 Å². The Labute approximate surface area is 213 Å². The van der Waals surface area contributed by atoms with Crippen LogP contribution in [0.25, 0.3) is 0 Å². The fourth-order valence-corrected chi connectivity index (χ4v) is 6.81. The highest BCUT2D eigenvalue weighted by Gasteiger charge is 2.80. The molecule has 2 bridgehead atoms. The number of aliphatic hydroxyl groups excluding tert-OH is 1. The summed E-state index contributed by atoms with van der Waals surface area (Å²) in [7, 11) is 0. The van der Waals surface area contributed by atoms with Crippen molar-refractivity contribution in [3.05, 3.63) is 29.3 Å². The van der Waals surface area contributed by atoms with Gasteiger partial charge in [0.1, 0.15) is 17.6 Å². The Bertz CT molecular complexity index is 1060. The first-order valence-electron chi connectivity index (χ1n) is 13.1. The van der Waals surface area contributed by atoms with Crippen molar-refractivity contribution in [3.63, 3.8) is 0 Å². The molecule has 1 spiro atoms. The van der Waals surface area contributed by atoms with E-state index in [1.165, 1.54) is 4.90 Å². The Morgan fingerprint density at radius 1 is 1.31 bits per heavy atom. The van der Waals surface area contributed by atoms with Crippen LogP contribution >= 0.6 is 0 Å². The largest absolute Gasteiger partial charge is 0.466 e. The lowest BCUT2D eigenvalue weighted by atomic mass is 9.62. The second-order valence-corrected chi connectivity index (χ2v) is 11.1. The fraction of sp³-hybridized carbons (Fsp3) is 0.679. The van der Waals surface area contributed by atoms with Gasteiger partial charge in [-0.3, -0.25) is 14.4 Å². The molecule has 0 saturated carbocycles. The second kappa shape index (κ2) is 9.45. The number of hydrogen-bond acceptors (Lipinski definition) is 6. The third-order valence-corrected chi connectivity index (χ3v) is 9.04. The van der Waals surface area contributed by atoms with Gasteiger partial charge < -0.3 is 24.8 Å². The number of anilines is 1. The Morgan fingerprint density at radius 3 is 2.61 bits per heavy atom. The first-order chi connectivity index (χ1) is 17.0. The monoisotopic (exact) mass is 500 g/mol. The number of benzene rings is 1. The van der Waals surface area contributed by atoms with Gasteiger partial charge in [0, 0.05) is 5.69 Å². The number of hydrogen-bond donors (Lipinski definition) is 2. The van der Waals surface area contributed by atoms with Gasteiger partial charge in [-0.2, -0.15) is 0 Å². The first kappa shape index (κ1) is 26.6. The van der Waals surface area contributed by atoms with Crippen molar-refractivity contribution in [2.75, 3.05) is 18.5 Å². The molecule has 8 atom stereocenters. The van der Waals surface area contributed by atoms with Crippen LogP contribution in [0.15, 0.2) is 18.2 Å². The number of rotatable bonds is 8. The maximum Gasteiger partial charge on any atom is 0.312 e. The minimum atomic E-state index is -1.18. The highest BCUT2D eigenvalue weighted by atomic mass is 16.6. The first-order valence-corrected chi connectivity index (χ1v) is 13.1. The molecule has 0 aromatic heterocycles. The number of likely N-dealkylation sites (tertiary alicyclic amines) is 1. The third-order valence-electron chi connectivity index (χ3n) is 9.04. The Kier molecular flexibility index (Phi) is 6.99. The SMILES string of the molecule is CCOC(=O)[C@@H]1[C@H]2C(=O)N([C@@H](CO)[C@@H](C)CC)C(C(=O)Nc3cc(C)ccc3C)C23CC(C)[C@@]1(C)O3. The van der Waals surface area contributed by atoms with E-state index in [1.807, 2.05) is 59.7 Å². The third kappa shape index (κ3) is 3.76. The fourth-order valence-electron chi connectivity index (χ4n) is 6.81.